The number of hydrogen-bond acceptors (Lipinski definition) is 6. The van der Waals surface area contributed by atoms with Crippen LogP contribution in [0.5, 0.6) is 0 Å². The summed E-state index contributed by atoms with van der Waals surface area (Å²) in [6, 6.07) is 0.350. The van der Waals surface area contributed by atoms with Crippen LogP contribution in [0.25, 0.3) is 0 Å². The van der Waals surface area contributed by atoms with Crippen LogP contribution in [0.1, 0.15) is 43.4 Å². The molecule has 0 bridgehead atoms. The van der Waals surface area contributed by atoms with Gasteiger partial charge in [-0.25, -0.2) is 0 Å². The first kappa shape index (κ1) is 14.5. The van der Waals surface area contributed by atoms with E-state index in [0.717, 1.165) is 45.4 Å². The maximum Gasteiger partial charge on any atom is 0.234 e. The third-order valence-electron chi connectivity index (χ3n) is 4.14. The molecule has 116 valence electrons. The number of ether oxygens (including phenoxy) is 1. The van der Waals surface area contributed by atoms with Gasteiger partial charge >= 0.3 is 0 Å². The van der Waals surface area contributed by atoms with Gasteiger partial charge in [-0.2, -0.15) is 4.98 Å². The van der Waals surface area contributed by atoms with E-state index >= 15 is 0 Å². The second kappa shape index (κ2) is 6.53. The van der Waals surface area contributed by atoms with Crippen molar-refractivity contribution < 1.29 is 14.1 Å². The summed E-state index contributed by atoms with van der Waals surface area (Å²) in [6.45, 7) is 4.56. The molecule has 2 aliphatic rings. The Labute approximate surface area is 124 Å². The van der Waals surface area contributed by atoms with Crippen LogP contribution >= 0.6 is 0 Å². The summed E-state index contributed by atoms with van der Waals surface area (Å²) in [7, 11) is 0. The van der Waals surface area contributed by atoms with Crippen LogP contribution in [0.2, 0.25) is 0 Å². The highest BCUT2D eigenvalue weighted by Gasteiger charge is 2.31. The molecule has 7 heteroatoms. The molecule has 1 aromatic rings. The van der Waals surface area contributed by atoms with E-state index in [0.29, 0.717) is 18.3 Å². The predicted octanol–water partition coefficient (Wildman–Crippen LogP) is 0.810. The van der Waals surface area contributed by atoms with Crippen LogP contribution in [0.3, 0.4) is 0 Å². The summed E-state index contributed by atoms with van der Waals surface area (Å²) >= 11 is 0. The number of carbonyl (C=O) groups is 1. The molecule has 0 radical (unpaired) electrons. The SMILES string of the molecule is Cc1nc(C2CCCN2CC(=O)NC2CCOCC2)no1. The van der Waals surface area contributed by atoms with Crippen LogP contribution in [0, 0.1) is 6.92 Å². The molecule has 0 aromatic carbocycles. The molecule has 2 aliphatic heterocycles. The lowest BCUT2D eigenvalue weighted by Gasteiger charge is -2.26. The Kier molecular flexibility index (Phi) is 4.50. The third kappa shape index (κ3) is 3.59. The fourth-order valence-electron chi connectivity index (χ4n) is 3.06. The summed E-state index contributed by atoms with van der Waals surface area (Å²) in [6.07, 6.45) is 3.84. The zero-order valence-corrected chi connectivity index (χ0v) is 12.4. The maximum absolute atomic E-state index is 12.2. The van der Waals surface area contributed by atoms with Crippen molar-refractivity contribution in [1.29, 1.82) is 0 Å². The minimum atomic E-state index is 0.0778. The first-order chi connectivity index (χ1) is 10.2. The fourth-order valence-corrected chi connectivity index (χ4v) is 3.06. The molecule has 7 nitrogen and oxygen atoms in total. The molecule has 2 fully saturated rings. The van der Waals surface area contributed by atoms with Crippen molar-refractivity contribution in [3.63, 3.8) is 0 Å². The number of aryl methyl sites for hydroxylation is 1. The summed E-state index contributed by atoms with van der Waals surface area (Å²) < 4.78 is 10.4. The lowest BCUT2D eigenvalue weighted by molar-refractivity contribution is -0.123. The molecule has 21 heavy (non-hydrogen) atoms. The number of hydrogen-bond donors (Lipinski definition) is 1. The number of aromatic nitrogens is 2. The molecule has 1 N–H and O–H groups in total. The second-order valence-corrected chi connectivity index (χ2v) is 5.75. The van der Waals surface area contributed by atoms with Gasteiger partial charge < -0.3 is 14.6 Å². The number of amides is 1. The Bertz CT molecular complexity index is 484. The summed E-state index contributed by atoms with van der Waals surface area (Å²) in [5.41, 5.74) is 0. The zero-order valence-electron chi connectivity index (χ0n) is 12.4. The summed E-state index contributed by atoms with van der Waals surface area (Å²) in [4.78, 5) is 18.6. The van der Waals surface area contributed by atoms with Crippen LogP contribution in [0.4, 0.5) is 0 Å². The molecule has 1 amide bonds. The van der Waals surface area contributed by atoms with Crippen molar-refractivity contribution in [2.75, 3.05) is 26.3 Å². The Morgan fingerprint density at radius 1 is 1.38 bits per heavy atom. The summed E-state index contributed by atoms with van der Waals surface area (Å²) in [5, 5.41) is 7.09. The third-order valence-corrected chi connectivity index (χ3v) is 4.14. The molecule has 0 spiro atoms. The molecule has 1 atom stereocenters. The number of carbonyl (C=O) groups excluding carboxylic acids is 1. The van der Waals surface area contributed by atoms with Gasteiger partial charge in [0.1, 0.15) is 0 Å². The van der Waals surface area contributed by atoms with Crippen molar-refractivity contribution in [1.82, 2.24) is 20.4 Å². The molecule has 3 heterocycles. The lowest BCUT2D eigenvalue weighted by atomic mass is 10.1. The van der Waals surface area contributed by atoms with Gasteiger partial charge in [-0.15, -0.1) is 0 Å². The van der Waals surface area contributed by atoms with E-state index in [-0.39, 0.29) is 18.0 Å². The van der Waals surface area contributed by atoms with Crippen molar-refractivity contribution in [2.45, 2.75) is 44.7 Å². The molecule has 0 saturated carbocycles. The van der Waals surface area contributed by atoms with Crippen LogP contribution < -0.4 is 5.32 Å². The molecular formula is C14H22N4O3. The Balaban J connectivity index is 1.54. The van der Waals surface area contributed by atoms with Crippen molar-refractivity contribution in [2.24, 2.45) is 0 Å². The van der Waals surface area contributed by atoms with Gasteiger partial charge in [-0.3, -0.25) is 9.69 Å². The minimum Gasteiger partial charge on any atom is -0.381 e. The van der Waals surface area contributed by atoms with Gasteiger partial charge in [-0.1, -0.05) is 5.16 Å². The highest BCUT2D eigenvalue weighted by atomic mass is 16.5. The maximum atomic E-state index is 12.2. The van der Waals surface area contributed by atoms with E-state index in [2.05, 4.69) is 20.4 Å². The van der Waals surface area contributed by atoms with E-state index < -0.39 is 0 Å². The average molecular weight is 294 g/mol. The van der Waals surface area contributed by atoms with Gasteiger partial charge in [0.15, 0.2) is 5.82 Å². The van der Waals surface area contributed by atoms with Gasteiger partial charge in [0, 0.05) is 26.2 Å². The molecular weight excluding hydrogens is 272 g/mol. The number of rotatable bonds is 4. The van der Waals surface area contributed by atoms with Gasteiger partial charge in [0.05, 0.1) is 12.6 Å². The number of likely N-dealkylation sites (tertiary alicyclic amines) is 1. The first-order valence-corrected chi connectivity index (χ1v) is 7.64. The second-order valence-electron chi connectivity index (χ2n) is 5.75. The normalized spacial score (nSPS) is 24.3. The van der Waals surface area contributed by atoms with E-state index in [9.17, 15) is 4.79 Å². The lowest BCUT2D eigenvalue weighted by Crippen LogP contribution is -2.44. The summed E-state index contributed by atoms with van der Waals surface area (Å²) in [5.74, 6) is 1.35. The zero-order chi connectivity index (χ0) is 14.7. The standard InChI is InChI=1S/C14H22N4O3/c1-10-15-14(17-21-10)12-3-2-6-18(12)9-13(19)16-11-4-7-20-8-5-11/h11-12H,2-9H2,1H3,(H,16,19). The van der Waals surface area contributed by atoms with Gasteiger partial charge in [-0.05, 0) is 32.2 Å². The topological polar surface area (TPSA) is 80.5 Å². The monoisotopic (exact) mass is 294 g/mol. The average Bonchev–Trinajstić information content (AvgIpc) is 3.08. The Morgan fingerprint density at radius 2 is 2.19 bits per heavy atom. The fraction of sp³-hybridized carbons (Fsp3) is 0.786. The Morgan fingerprint density at radius 3 is 2.90 bits per heavy atom. The van der Waals surface area contributed by atoms with Crippen LogP contribution in [0.15, 0.2) is 4.52 Å². The minimum absolute atomic E-state index is 0.0778. The molecule has 1 aromatic heterocycles. The van der Waals surface area contributed by atoms with Gasteiger partial charge in [0.25, 0.3) is 0 Å². The smallest absolute Gasteiger partial charge is 0.234 e. The largest absolute Gasteiger partial charge is 0.381 e. The molecule has 0 aliphatic carbocycles. The highest BCUT2D eigenvalue weighted by molar-refractivity contribution is 5.78. The molecule has 2 saturated heterocycles. The van der Waals surface area contributed by atoms with Crippen LogP contribution in [-0.4, -0.2) is 53.3 Å². The van der Waals surface area contributed by atoms with E-state index in [1.165, 1.54) is 0 Å². The van der Waals surface area contributed by atoms with Crippen molar-refractivity contribution in [3.8, 4) is 0 Å². The van der Waals surface area contributed by atoms with Crippen molar-refractivity contribution in [3.05, 3.63) is 11.7 Å². The highest BCUT2D eigenvalue weighted by Crippen LogP contribution is 2.29. The predicted molar refractivity (Wildman–Crippen MR) is 74.6 cm³/mol. The molecule has 3 rings (SSSR count). The number of nitrogens with one attached hydrogen (secondary N) is 1. The van der Waals surface area contributed by atoms with Gasteiger partial charge in [0.2, 0.25) is 11.8 Å². The van der Waals surface area contributed by atoms with Crippen LogP contribution in [-0.2, 0) is 9.53 Å². The van der Waals surface area contributed by atoms with E-state index in [1.54, 1.807) is 6.92 Å². The van der Waals surface area contributed by atoms with Crippen molar-refractivity contribution >= 4 is 5.91 Å². The van der Waals surface area contributed by atoms with E-state index in [4.69, 9.17) is 9.26 Å². The van der Waals surface area contributed by atoms with E-state index in [1.807, 2.05) is 0 Å². The number of nitrogens with zero attached hydrogens (tertiary/aromatic N) is 3. The quantitative estimate of drug-likeness (QED) is 0.885. The Hall–Kier alpha value is -1.47. The first-order valence-electron chi connectivity index (χ1n) is 7.64. The molecule has 1 unspecified atom stereocenters.